The van der Waals surface area contributed by atoms with Crippen LogP contribution in [0.5, 0.6) is 0 Å². The molecule has 4 nitrogen and oxygen atoms in total. The summed E-state index contributed by atoms with van der Waals surface area (Å²) in [5, 5.41) is 3.85. The number of anilines is 1. The molecule has 134 valence electrons. The summed E-state index contributed by atoms with van der Waals surface area (Å²) in [7, 11) is 0. The SMILES string of the molecule is CCC(C)C(C(=O)Nc1ccc2c(C)cc(=O)oc2c1)c1ccccc1. The van der Waals surface area contributed by atoms with Crippen molar-refractivity contribution in [2.24, 2.45) is 5.92 Å². The van der Waals surface area contributed by atoms with Crippen LogP contribution in [0.15, 0.2) is 63.8 Å². The minimum Gasteiger partial charge on any atom is -0.423 e. The second-order valence-corrected chi connectivity index (χ2v) is 6.72. The second-order valence-electron chi connectivity index (χ2n) is 6.72. The van der Waals surface area contributed by atoms with Crippen molar-refractivity contribution >= 4 is 22.6 Å². The first-order valence-corrected chi connectivity index (χ1v) is 8.90. The molecule has 1 amide bonds. The number of rotatable bonds is 5. The Morgan fingerprint density at radius 1 is 1.12 bits per heavy atom. The molecule has 0 aliphatic rings. The highest BCUT2D eigenvalue weighted by Crippen LogP contribution is 2.29. The predicted octanol–water partition coefficient (Wildman–Crippen LogP) is 4.87. The van der Waals surface area contributed by atoms with E-state index in [1.165, 1.54) is 6.07 Å². The maximum atomic E-state index is 13.0. The molecule has 2 atom stereocenters. The Kier molecular flexibility index (Phi) is 5.21. The molecule has 0 aliphatic heterocycles. The number of nitrogens with one attached hydrogen (secondary N) is 1. The zero-order chi connectivity index (χ0) is 18.7. The molecule has 3 aromatic rings. The Hall–Kier alpha value is -2.88. The van der Waals surface area contributed by atoms with Gasteiger partial charge in [-0.25, -0.2) is 4.79 Å². The van der Waals surface area contributed by atoms with E-state index < -0.39 is 0 Å². The first-order chi connectivity index (χ1) is 12.5. The standard InChI is InChI=1S/C22H23NO3/c1-4-14(2)21(16-8-6-5-7-9-16)22(25)23-17-10-11-18-15(3)12-20(24)26-19(18)13-17/h5-14,21H,4H2,1-3H3,(H,23,25). The average molecular weight is 349 g/mol. The van der Waals surface area contributed by atoms with Crippen LogP contribution in [0.25, 0.3) is 11.0 Å². The van der Waals surface area contributed by atoms with Crippen molar-refractivity contribution in [3.05, 3.63) is 76.1 Å². The number of hydrogen-bond donors (Lipinski definition) is 1. The van der Waals surface area contributed by atoms with E-state index in [2.05, 4.69) is 19.2 Å². The zero-order valence-corrected chi connectivity index (χ0v) is 15.3. The molecule has 3 rings (SSSR count). The molecule has 26 heavy (non-hydrogen) atoms. The van der Waals surface area contributed by atoms with Crippen molar-refractivity contribution in [2.75, 3.05) is 5.32 Å². The third-order valence-electron chi connectivity index (χ3n) is 4.87. The van der Waals surface area contributed by atoms with Gasteiger partial charge in [-0.05, 0) is 36.1 Å². The van der Waals surface area contributed by atoms with Gasteiger partial charge in [-0.2, -0.15) is 0 Å². The Labute approximate surface area is 152 Å². The third-order valence-corrected chi connectivity index (χ3v) is 4.87. The van der Waals surface area contributed by atoms with E-state index in [-0.39, 0.29) is 23.4 Å². The van der Waals surface area contributed by atoms with Gasteiger partial charge in [-0.1, -0.05) is 50.6 Å². The van der Waals surface area contributed by atoms with E-state index in [4.69, 9.17) is 4.42 Å². The van der Waals surface area contributed by atoms with Crippen LogP contribution < -0.4 is 10.9 Å². The topological polar surface area (TPSA) is 59.3 Å². The van der Waals surface area contributed by atoms with Gasteiger partial charge in [0.15, 0.2) is 0 Å². The molecule has 1 N–H and O–H groups in total. The fourth-order valence-corrected chi connectivity index (χ4v) is 3.26. The van der Waals surface area contributed by atoms with Crippen molar-refractivity contribution in [3.63, 3.8) is 0 Å². The van der Waals surface area contributed by atoms with Crippen molar-refractivity contribution in [1.29, 1.82) is 0 Å². The molecule has 1 aromatic heterocycles. The number of aryl methyl sites for hydroxylation is 1. The van der Waals surface area contributed by atoms with Gasteiger partial charge in [0.05, 0.1) is 5.92 Å². The third kappa shape index (κ3) is 3.69. The number of benzene rings is 2. The minimum atomic E-state index is -0.389. The fourth-order valence-electron chi connectivity index (χ4n) is 3.26. The average Bonchev–Trinajstić information content (AvgIpc) is 2.62. The predicted molar refractivity (Wildman–Crippen MR) is 104 cm³/mol. The minimum absolute atomic E-state index is 0.0556. The molecule has 0 bridgehead atoms. The fraction of sp³-hybridized carbons (Fsp3) is 0.273. The summed E-state index contributed by atoms with van der Waals surface area (Å²) in [5.41, 5.74) is 2.58. The summed E-state index contributed by atoms with van der Waals surface area (Å²) < 4.78 is 5.27. The molecule has 1 heterocycles. The summed E-state index contributed by atoms with van der Waals surface area (Å²) in [6.07, 6.45) is 0.902. The second kappa shape index (κ2) is 7.56. The Bertz CT molecular complexity index is 976. The number of hydrogen-bond acceptors (Lipinski definition) is 3. The van der Waals surface area contributed by atoms with E-state index in [1.807, 2.05) is 49.4 Å². The largest absolute Gasteiger partial charge is 0.423 e. The van der Waals surface area contributed by atoms with Crippen LogP contribution in [0.4, 0.5) is 5.69 Å². The summed E-state index contributed by atoms with van der Waals surface area (Å²) >= 11 is 0. The van der Waals surface area contributed by atoms with Crippen LogP contribution in [-0.2, 0) is 4.79 Å². The molecular weight excluding hydrogens is 326 g/mol. The lowest BCUT2D eigenvalue weighted by Crippen LogP contribution is -2.26. The summed E-state index contributed by atoms with van der Waals surface area (Å²) in [4.78, 5) is 24.6. The van der Waals surface area contributed by atoms with E-state index in [0.717, 1.165) is 22.9 Å². The normalized spacial score (nSPS) is 13.3. The quantitative estimate of drug-likeness (QED) is 0.669. The molecule has 0 spiro atoms. The van der Waals surface area contributed by atoms with Gasteiger partial charge in [0.25, 0.3) is 0 Å². The maximum Gasteiger partial charge on any atom is 0.336 e. The van der Waals surface area contributed by atoms with Crippen LogP contribution in [0.2, 0.25) is 0 Å². The van der Waals surface area contributed by atoms with Crippen LogP contribution in [-0.4, -0.2) is 5.91 Å². The lowest BCUT2D eigenvalue weighted by molar-refractivity contribution is -0.118. The Morgan fingerprint density at radius 2 is 1.85 bits per heavy atom. The number of carbonyl (C=O) groups is 1. The molecule has 2 aromatic carbocycles. The van der Waals surface area contributed by atoms with Gasteiger partial charge >= 0.3 is 5.63 Å². The molecule has 0 saturated carbocycles. The first kappa shape index (κ1) is 17.9. The first-order valence-electron chi connectivity index (χ1n) is 8.90. The van der Waals surface area contributed by atoms with Crippen molar-refractivity contribution < 1.29 is 9.21 Å². The highest BCUT2D eigenvalue weighted by atomic mass is 16.4. The van der Waals surface area contributed by atoms with Crippen molar-refractivity contribution in [2.45, 2.75) is 33.1 Å². The smallest absolute Gasteiger partial charge is 0.336 e. The van der Waals surface area contributed by atoms with E-state index in [9.17, 15) is 9.59 Å². The van der Waals surface area contributed by atoms with Gasteiger partial charge in [0.2, 0.25) is 5.91 Å². The van der Waals surface area contributed by atoms with E-state index >= 15 is 0 Å². The van der Waals surface area contributed by atoms with E-state index in [1.54, 1.807) is 6.07 Å². The van der Waals surface area contributed by atoms with Gasteiger partial charge in [-0.3, -0.25) is 4.79 Å². The van der Waals surface area contributed by atoms with Crippen LogP contribution in [0.3, 0.4) is 0 Å². The number of amides is 1. The molecule has 0 fully saturated rings. The highest BCUT2D eigenvalue weighted by molar-refractivity contribution is 5.97. The lowest BCUT2D eigenvalue weighted by Gasteiger charge is -2.23. The summed E-state index contributed by atoms with van der Waals surface area (Å²) in [6, 6.07) is 16.7. The lowest BCUT2D eigenvalue weighted by atomic mass is 9.85. The Morgan fingerprint density at radius 3 is 2.54 bits per heavy atom. The van der Waals surface area contributed by atoms with Crippen LogP contribution in [0, 0.1) is 12.8 Å². The van der Waals surface area contributed by atoms with Gasteiger partial charge in [0, 0.05) is 23.2 Å². The van der Waals surface area contributed by atoms with E-state index in [0.29, 0.717) is 11.3 Å². The van der Waals surface area contributed by atoms with Crippen molar-refractivity contribution in [3.8, 4) is 0 Å². The van der Waals surface area contributed by atoms with Crippen molar-refractivity contribution in [1.82, 2.24) is 0 Å². The van der Waals surface area contributed by atoms with Crippen LogP contribution >= 0.6 is 0 Å². The molecule has 4 heteroatoms. The molecule has 0 aliphatic carbocycles. The van der Waals surface area contributed by atoms with Gasteiger partial charge in [-0.15, -0.1) is 0 Å². The summed E-state index contributed by atoms with van der Waals surface area (Å²) in [5.74, 6) is -0.0839. The zero-order valence-electron chi connectivity index (χ0n) is 15.3. The molecule has 0 saturated heterocycles. The molecule has 2 unspecified atom stereocenters. The maximum absolute atomic E-state index is 13.0. The van der Waals surface area contributed by atoms with Gasteiger partial charge in [0.1, 0.15) is 5.58 Å². The summed E-state index contributed by atoms with van der Waals surface area (Å²) in [6.45, 7) is 6.03. The number of carbonyl (C=O) groups excluding carboxylic acids is 1. The van der Waals surface area contributed by atoms with Crippen LogP contribution in [0.1, 0.15) is 37.3 Å². The Balaban J connectivity index is 1.92. The molecular formula is C22H23NO3. The highest BCUT2D eigenvalue weighted by Gasteiger charge is 2.26. The molecule has 0 radical (unpaired) electrons. The monoisotopic (exact) mass is 349 g/mol. The number of fused-ring (bicyclic) bond motifs is 1. The van der Waals surface area contributed by atoms with Gasteiger partial charge < -0.3 is 9.73 Å².